The van der Waals surface area contributed by atoms with Crippen LogP contribution in [-0.4, -0.2) is 25.8 Å². The van der Waals surface area contributed by atoms with Gasteiger partial charge in [-0.25, -0.2) is 0 Å². The van der Waals surface area contributed by atoms with E-state index < -0.39 is 0 Å². The van der Waals surface area contributed by atoms with Crippen molar-refractivity contribution in [3.8, 4) is 0 Å². The van der Waals surface area contributed by atoms with Gasteiger partial charge in [0, 0.05) is 25.8 Å². The first-order valence-electron chi connectivity index (χ1n) is 7.50. The molecule has 17 heavy (non-hydrogen) atoms. The first-order chi connectivity index (χ1) is 8.18. The molecule has 0 radical (unpaired) electrons. The molecule has 2 heteroatoms. The molecule has 0 aliphatic heterocycles. The van der Waals surface area contributed by atoms with Crippen LogP contribution in [0.4, 0.5) is 0 Å². The van der Waals surface area contributed by atoms with Gasteiger partial charge in [0.25, 0.3) is 0 Å². The molecule has 1 N–H and O–H groups in total. The fourth-order valence-electron chi connectivity index (χ4n) is 2.70. The van der Waals surface area contributed by atoms with E-state index >= 15 is 0 Å². The molecule has 1 saturated carbocycles. The summed E-state index contributed by atoms with van der Waals surface area (Å²) < 4.78 is 5.74. The summed E-state index contributed by atoms with van der Waals surface area (Å²) >= 11 is 0. The summed E-state index contributed by atoms with van der Waals surface area (Å²) in [5.74, 6) is 0. The quantitative estimate of drug-likeness (QED) is 0.621. The van der Waals surface area contributed by atoms with Crippen molar-refractivity contribution in [2.75, 3.05) is 19.8 Å². The molecule has 1 fully saturated rings. The van der Waals surface area contributed by atoms with Crippen LogP contribution in [-0.2, 0) is 4.74 Å². The molecular formula is C15H31NO. The van der Waals surface area contributed by atoms with Crippen LogP contribution in [0.3, 0.4) is 0 Å². The van der Waals surface area contributed by atoms with Crippen molar-refractivity contribution in [2.24, 2.45) is 5.41 Å². The van der Waals surface area contributed by atoms with Gasteiger partial charge in [0.1, 0.15) is 0 Å². The standard InChI is InChI=1S/C15H31NO/c1-4-5-11-17-12-10-15(8-6-7-9-15)13-16-14(2)3/h14,16H,4-13H2,1-3H3. The average Bonchev–Trinajstić information content (AvgIpc) is 2.76. The summed E-state index contributed by atoms with van der Waals surface area (Å²) in [6.07, 6.45) is 9.30. The minimum atomic E-state index is 0.538. The van der Waals surface area contributed by atoms with Crippen molar-refractivity contribution in [1.82, 2.24) is 5.32 Å². The first-order valence-corrected chi connectivity index (χ1v) is 7.50. The SMILES string of the molecule is CCCCOCCC1(CNC(C)C)CCCC1. The highest BCUT2D eigenvalue weighted by Crippen LogP contribution is 2.40. The Labute approximate surface area is 108 Å². The second kappa shape index (κ2) is 8.10. The van der Waals surface area contributed by atoms with E-state index in [2.05, 4.69) is 26.1 Å². The Kier molecular flexibility index (Phi) is 7.14. The predicted octanol–water partition coefficient (Wildman–Crippen LogP) is 3.75. The van der Waals surface area contributed by atoms with Gasteiger partial charge in [0.2, 0.25) is 0 Å². The van der Waals surface area contributed by atoms with Gasteiger partial charge in [-0.2, -0.15) is 0 Å². The maximum atomic E-state index is 5.74. The molecule has 1 aliphatic carbocycles. The maximum Gasteiger partial charge on any atom is 0.0471 e. The van der Waals surface area contributed by atoms with Gasteiger partial charge >= 0.3 is 0 Å². The number of rotatable bonds is 9. The van der Waals surface area contributed by atoms with Crippen molar-refractivity contribution in [2.45, 2.75) is 71.8 Å². The molecule has 0 aromatic rings. The topological polar surface area (TPSA) is 21.3 Å². The summed E-state index contributed by atoms with van der Waals surface area (Å²) in [6, 6.07) is 0.605. The summed E-state index contributed by atoms with van der Waals surface area (Å²) in [5.41, 5.74) is 0.538. The first kappa shape index (κ1) is 15.0. The third-order valence-corrected chi connectivity index (χ3v) is 3.97. The van der Waals surface area contributed by atoms with Crippen LogP contribution in [0.2, 0.25) is 0 Å². The molecule has 2 nitrogen and oxygen atoms in total. The van der Waals surface area contributed by atoms with Gasteiger partial charge in [-0.3, -0.25) is 0 Å². The van der Waals surface area contributed by atoms with Crippen molar-refractivity contribution in [3.05, 3.63) is 0 Å². The van der Waals surface area contributed by atoms with Crippen molar-refractivity contribution in [3.63, 3.8) is 0 Å². The molecule has 0 bridgehead atoms. The molecule has 1 rings (SSSR count). The monoisotopic (exact) mass is 241 g/mol. The highest BCUT2D eigenvalue weighted by molar-refractivity contribution is 4.87. The van der Waals surface area contributed by atoms with Crippen LogP contribution >= 0.6 is 0 Å². The Morgan fingerprint density at radius 2 is 1.88 bits per heavy atom. The minimum absolute atomic E-state index is 0.538. The predicted molar refractivity (Wildman–Crippen MR) is 74.4 cm³/mol. The zero-order valence-corrected chi connectivity index (χ0v) is 12.1. The largest absolute Gasteiger partial charge is 0.381 e. The molecule has 0 atom stereocenters. The molecule has 0 spiro atoms. The Morgan fingerprint density at radius 3 is 2.47 bits per heavy atom. The van der Waals surface area contributed by atoms with Gasteiger partial charge in [0.05, 0.1) is 0 Å². The zero-order valence-electron chi connectivity index (χ0n) is 12.1. The number of unbranched alkanes of at least 4 members (excludes halogenated alkanes) is 1. The molecule has 0 aromatic heterocycles. The van der Waals surface area contributed by atoms with Crippen molar-refractivity contribution >= 4 is 0 Å². The molecule has 0 amide bonds. The lowest BCUT2D eigenvalue weighted by Gasteiger charge is -2.30. The lowest BCUT2D eigenvalue weighted by Crippen LogP contribution is -2.36. The summed E-state index contributed by atoms with van der Waals surface area (Å²) in [4.78, 5) is 0. The Morgan fingerprint density at radius 1 is 1.18 bits per heavy atom. The van der Waals surface area contributed by atoms with Crippen molar-refractivity contribution < 1.29 is 4.74 Å². The van der Waals surface area contributed by atoms with Crippen LogP contribution in [0.25, 0.3) is 0 Å². The summed E-state index contributed by atoms with van der Waals surface area (Å²) in [7, 11) is 0. The smallest absolute Gasteiger partial charge is 0.0471 e. The zero-order chi connectivity index (χ0) is 12.6. The molecule has 1 aliphatic rings. The number of hydrogen-bond donors (Lipinski definition) is 1. The van der Waals surface area contributed by atoms with Gasteiger partial charge < -0.3 is 10.1 Å². The Balaban J connectivity index is 2.22. The van der Waals surface area contributed by atoms with Crippen LogP contribution in [0.1, 0.15) is 65.7 Å². The van der Waals surface area contributed by atoms with E-state index in [0.29, 0.717) is 11.5 Å². The Hall–Kier alpha value is -0.0800. The van der Waals surface area contributed by atoms with E-state index in [9.17, 15) is 0 Å². The molecular weight excluding hydrogens is 210 g/mol. The molecule has 102 valence electrons. The van der Waals surface area contributed by atoms with E-state index in [1.54, 1.807) is 0 Å². The van der Waals surface area contributed by atoms with Gasteiger partial charge in [-0.1, -0.05) is 40.0 Å². The van der Waals surface area contributed by atoms with E-state index in [0.717, 1.165) is 13.2 Å². The van der Waals surface area contributed by atoms with E-state index in [-0.39, 0.29) is 0 Å². The van der Waals surface area contributed by atoms with Crippen LogP contribution in [0.5, 0.6) is 0 Å². The highest BCUT2D eigenvalue weighted by atomic mass is 16.5. The lowest BCUT2D eigenvalue weighted by molar-refractivity contribution is 0.0911. The molecule has 0 aromatic carbocycles. The molecule has 0 heterocycles. The van der Waals surface area contributed by atoms with E-state index in [4.69, 9.17) is 4.74 Å². The van der Waals surface area contributed by atoms with E-state index in [1.165, 1.54) is 51.5 Å². The van der Waals surface area contributed by atoms with Gasteiger partial charge in [0.15, 0.2) is 0 Å². The second-order valence-electron chi connectivity index (χ2n) is 5.96. The third-order valence-electron chi connectivity index (χ3n) is 3.97. The number of nitrogens with one attached hydrogen (secondary N) is 1. The Bertz CT molecular complexity index is 185. The third kappa shape index (κ3) is 5.87. The fourth-order valence-corrected chi connectivity index (χ4v) is 2.70. The number of ether oxygens (including phenoxy) is 1. The van der Waals surface area contributed by atoms with Crippen molar-refractivity contribution in [1.29, 1.82) is 0 Å². The van der Waals surface area contributed by atoms with Crippen LogP contribution < -0.4 is 5.32 Å². The van der Waals surface area contributed by atoms with Gasteiger partial charge in [-0.15, -0.1) is 0 Å². The lowest BCUT2D eigenvalue weighted by atomic mass is 9.82. The average molecular weight is 241 g/mol. The minimum Gasteiger partial charge on any atom is -0.381 e. The maximum absolute atomic E-state index is 5.74. The van der Waals surface area contributed by atoms with E-state index in [1.807, 2.05) is 0 Å². The molecule has 0 unspecified atom stereocenters. The van der Waals surface area contributed by atoms with Gasteiger partial charge in [-0.05, 0) is 31.1 Å². The second-order valence-corrected chi connectivity index (χ2v) is 5.96. The molecule has 0 saturated heterocycles. The summed E-state index contributed by atoms with van der Waals surface area (Å²) in [5, 5.41) is 3.62. The van der Waals surface area contributed by atoms with Crippen LogP contribution in [0.15, 0.2) is 0 Å². The summed E-state index contributed by atoms with van der Waals surface area (Å²) in [6.45, 7) is 9.78. The fraction of sp³-hybridized carbons (Fsp3) is 1.00. The highest BCUT2D eigenvalue weighted by Gasteiger charge is 2.33. The number of hydrogen-bond acceptors (Lipinski definition) is 2. The normalized spacial score (nSPS) is 19.1. The van der Waals surface area contributed by atoms with Crippen LogP contribution in [0, 0.1) is 5.41 Å².